The molecule has 0 aliphatic heterocycles. The third-order valence-electron chi connectivity index (χ3n) is 2.54. The molecule has 0 atom stereocenters. The molecule has 0 amide bonds. The number of halogens is 4. The Kier molecular flexibility index (Phi) is 4.93. The van der Waals surface area contributed by atoms with Gasteiger partial charge in [-0.25, -0.2) is 8.78 Å². The van der Waals surface area contributed by atoms with Crippen molar-refractivity contribution in [3.05, 3.63) is 63.6 Å². The fourth-order valence-corrected chi connectivity index (χ4v) is 2.31. The van der Waals surface area contributed by atoms with Crippen molar-refractivity contribution in [1.82, 2.24) is 0 Å². The minimum atomic E-state index is -0.452. The van der Waals surface area contributed by atoms with Crippen molar-refractivity contribution >= 4 is 31.9 Å². The van der Waals surface area contributed by atoms with Crippen LogP contribution in [0.3, 0.4) is 0 Å². The molecule has 0 heterocycles. The highest BCUT2D eigenvalue weighted by Crippen LogP contribution is 2.22. The van der Waals surface area contributed by atoms with E-state index >= 15 is 0 Å². The van der Waals surface area contributed by atoms with Gasteiger partial charge in [0.2, 0.25) is 0 Å². The summed E-state index contributed by atoms with van der Waals surface area (Å²) in [6.07, 6.45) is 0. The molecule has 0 unspecified atom stereocenters. The molecule has 0 aliphatic carbocycles. The van der Waals surface area contributed by atoms with Gasteiger partial charge in [0, 0.05) is 15.4 Å². The van der Waals surface area contributed by atoms with Gasteiger partial charge in [-0.2, -0.15) is 0 Å². The zero-order valence-electron chi connectivity index (χ0n) is 9.80. The van der Waals surface area contributed by atoms with Gasteiger partial charge in [0.25, 0.3) is 0 Å². The quantitative estimate of drug-likeness (QED) is 0.650. The molecule has 0 bridgehead atoms. The van der Waals surface area contributed by atoms with Gasteiger partial charge in [-0.05, 0) is 35.9 Å². The van der Waals surface area contributed by atoms with Gasteiger partial charge in [0.05, 0.1) is 0 Å². The molecule has 0 radical (unpaired) electrons. The second kappa shape index (κ2) is 6.48. The van der Waals surface area contributed by atoms with Gasteiger partial charge >= 0.3 is 0 Å². The molecule has 0 fully saturated rings. The maximum Gasteiger partial charge on any atom is 0.165 e. The van der Waals surface area contributed by atoms with Crippen molar-refractivity contribution in [2.24, 2.45) is 0 Å². The molecule has 0 aromatic heterocycles. The number of rotatable bonds is 4. The molecule has 0 saturated carbocycles. The standard InChI is InChI=1S/C14H10Br2F2O/c15-7-9-1-4-14(13(18)5-9)19-8-10-6-11(16)2-3-12(10)17/h1-6H,7-8H2. The van der Waals surface area contributed by atoms with Gasteiger partial charge in [0.1, 0.15) is 12.4 Å². The topological polar surface area (TPSA) is 9.23 Å². The predicted molar refractivity (Wildman–Crippen MR) is 77.5 cm³/mol. The lowest BCUT2D eigenvalue weighted by Gasteiger charge is -2.09. The summed E-state index contributed by atoms with van der Waals surface area (Å²) >= 11 is 6.50. The molecule has 100 valence electrons. The minimum absolute atomic E-state index is 0.0180. The van der Waals surface area contributed by atoms with Crippen LogP contribution in [-0.4, -0.2) is 0 Å². The molecule has 2 rings (SSSR count). The van der Waals surface area contributed by atoms with Crippen molar-refractivity contribution < 1.29 is 13.5 Å². The zero-order valence-corrected chi connectivity index (χ0v) is 13.0. The highest BCUT2D eigenvalue weighted by molar-refractivity contribution is 9.10. The molecular weight excluding hydrogens is 382 g/mol. The second-order valence-corrected chi connectivity index (χ2v) is 5.40. The molecule has 2 aromatic carbocycles. The van der Waals surface area contributed by atoms with Crippen molar-refractivity contribution in [3.63, 3.8) is 0 Å². The summed E-state index contributed by atoms with van der Waals surface area (Å²) < 4.78 is 33.2. The van der Waals surface area contributed by atoms with Crippen LogP contribution in [0.5, 0.6) is 5.75 Å². The Labute approximate surface area is 126 Å². The Balaban J connectivity index is 2.12. The van der Waals surface area contributed by atoms with E-state index in [1.165, 1.54) is 12.1 Å². The fourth-order valence-electron chi connectivity index (χ4n) is 1.55. The van der Waals surface area contributed by atoms with Crippen molar-refractivity contribution in [2.45, 2.75) is 11.9 Å². The third kappa shape index (κ3) is 3.76. The molecule has 19 heavy (non-hydrogen) atoms. The van der Waals surface area contributed by atoms with Gasteiger partial charge in [-0.3, -0.25) is 0 Å². The molecular formula is C14H10Br2F2O. The van der Waals surface area contributed by atoms with E-state index < -0.39 is 5.82 Å². The van der Waals surface area contributed by atoms with E-state index in [0.717, 1.165) is 10.0 Å². The first-order valence-electron chi connectivity index (χ1n) is 5.51. The Bertz CT molecular complexity index is 588. The molecule has 5 heteroatoms. The summed E-state index contributed by atoms with van der Waals surface area (Å²) in [4.78, 5) is 0. The third-order valence-corrected chi connectivity index (χ3v) is 3.68. The van der Waals surface area contributed by atoms with E-state index in [1.807, 2.05) is 0 Å². The molecule has 0 aliphatic rings. The SMILES string of the molecule is Fc1ccc(Br)cc1COc1ccc(CBr)cc1F. The normalized spacial score (nSPS) is 10.5. The van der Waals surface area contributed by atoms with Crippen LogP contribution in [0, 0.1) is 11.6 Å². The van der Waals surface area contributed by atoms with E-state index in [4.69, 9.17) is 4.74 Å². The molecule has 2 aromatic rings. The smallest absolute Gasteiger partial charge is 0.165 e. The summed E-state index contributed by atoms with van der Waals surface area (Å²) in [7, 11) is 0. The highest BCUT2D eigenvalue weighted by Gasteiger charge is 2.07. The van der Waals surface area contributed by atoms with E-state index in [-0.39, 0.29) is 18.2 Å². The van der Waals surface area contributed by atoms with Crippen LogP contribution in [0.25, 0.3) is 0 Å². The summed E-state index contributed by atoms with van der Waals surface area (Å²) in [6.45, 7) is -0.0180. The lowest BCUT2D eigenvalue weighted by molar-refractivity contribution is 0.284. The average molecular weight is 392 g/mol. The summed E-state index contributed by atoms with van der Waals surface area (Å²) in [6, 6.07) is 9.24. The number of hydrogen-bond donors (Lipinski definition) is 0. The van der Waals surface area contributed by atoms with E-state index in [1.54, 1.807) is 24.3 Å². The fraction of sp³-hybridized carbons (Fsp3) is 0.143. The lowest BCUT2D eigenvalue weighted by atomic mass is 10.2. The monoisotopic (exact) mass is 390 g/mol. The Morgan fingerprint density at radius 2 is 1.79 bits per heavy atom. The summed E-state index contributed by atoms with van der Waals surface area (Å²) in [5.41, 5.74) is 1.19. The van der Waals surface area contributed by atoms with Crippen molar-refractivity contribution in [3.8, 4) is 5.75 Å². The van der Waals surface area contributed by atoms with Gasteiger partial charge in [0.15, 0.2) is 11.6 Å². The van der Waals surface area contributed by atoms with Crippen LogP contribution in [0.15, 0.2) is 40.9 Å². The summed E-state index contributed by atoms with van der Waals surface area (Å²) in [5, 5.41) is 0.574. The predicted octanol–water partition coefficient (Wildman–Crippen LogP) is 5.20. The average Bonchev–Trinajstić information content (AvgIpc) is 2.40. The van der Waals surface area contributed by atoms with E-state index in [2.05, 4.69) is 31.9 Å². The Morgan fingerprint density at radius 1 is 1.00 bits per heavy atom. The number of alkyl halides is 1. The molecule has 1 nitrogen and oxygen atoms in total. The molecule has 0 N–H and O–H groups in total. The van der Waals surface area contributed by atoms with Crippen LogP contribution in [0.2, 0.25) is 0 Å². The van der Waals surface area contributed by atoms with Crippen LogP contribution >= 0.6 is 31.9 Å². The largest absolute Gasteiger partial charge is 0.486 e. The lowest BCUT2D eigenvalue weighted by Crippen LogP contribution is -2.00. The van der Waals surface area contributed by atoms with Crippen LogP contribution < -0.4 is 4.74 Å². The first kappa shape index (κ1) is 14.5. The summed E-state index contributed by atoms with van der Waals surface area (Å²) in [5.74, 6) is -0.711. The van der Waals surface area contributed by atoms with Crippen LogP contribution in [0.1, 0.15) is 11.1 Å². The minimum Gasteiger partial charge on any atom is -0.486 e. The Morgan fingerprint density at radius 3 is 2.47 bits per heavy atom. The van der Waals surface area contributed by atoms with Gasteiger partial charge in [-0.1, -0.05) is 37.9 Å². The van der Waals surface area contributed by atoms with Crippen molar-refractivity contribution in [1.29, 1.82) is 0 Å². The number of benzene rings is 2. The molecule has 0 saturated heterocycles. The maximum atomic E-state index is 13.7. The highest BCUT2D eigenvalue weighted by atomic mass is 79.9. The zero-order chi connectivity index (χ0) is 13.8. The second-order valence-electron chi connectivity index (χ2n) is 3.92. The Hall–Kier alpha value is -0.940. The van der Waals surface area contributed by atoms with Crippen molar-refractivity contribution in [2.75, 3.05) is 0 Å². The molecule has 0 spiro atoms. The van der Waals surface area contributed by atoms with E-state index in [0.29, 0.717) is 10.9 Å². The first-order valence-corrected chi connectivity index (χ1v) is 7.42. The van der Waals surface area contributed by atoms with Gasteiger partial charge in [-0.15, -0.1) is 0 Å². The maximum absolute atomic E-state index is 13.7. The van der Waals surface area contributed by atoms with Crippen LogP contribution in [0.4, 0.5) is 8.78 Å². The van der Waals surface area contributed by atoms with Gasteiger partial charge < -0.3 is 4.74 Å². The number of hydrogen-bond acceptors (Lipinski definition) is 1. The number of ether oxygens (including phenoxy) is 1. The van der Waals surface area contributed by atoms with E-state index in [9.17, 15) is 8.78 Å². The van der Waals surface area contributed by atoms with Crippen LogP contribution in [-0.2, 0) is 11.9 Å². The first-order chi connectivity index (χ1) is 9.10.